The maximum Gasteiger partial charge on any atom is 0.287 e. The Morgan fingerprint density at radius 1 is 1.21 bits per heavy atom. The van der Waals surface area contributed by atoms with Gasteiger partial charge < -0.3 is 24.3 Å². The normalized spacial score (nSPS) is 16.9. The number of amides is 1. The van der Waals surface area contributed by atoms with Crippen LogP contribution in [-0.4, -0.2) is 31.0 Å². The Hall–Kier alpha value is -3.22. The van der Waals surface area contributed by atoms with E-state index in [9.17, 15) is 14.7 Å². The number of aliphatic hydroxyl groups is 1. The summed E-state index contributed by atoms with van der Waals surface area (Å²) in [6.07, 6.45) is 1.35. The Labute approximate surface area is 137 Å². The number of aliphatic hydroxyl groups excluding tert-OH is 1. The van der Waals surface area contributed by atoms with Gasteiger partial charge in [0.05, 0.1) is 32.1 Å². The number of carbonyl (C=O) groups is 2. The molecule has 1 aliphatic rings. The Bertz CT molecular complexity index is 822. The third-order valence-electron chi connectivity index (χ3n) is 3.76. The van der Waals surface area contributed by atoms with Crippen molar-refractivity contribution in [3.05, 3.63) is 59.3 Å². The number of hydrogen-bond donors (Lipinski definition) is 2. The van der Waals surface area contributed by atoms with Crippen molar-refractivity contribution in [1.82, 2.24) is 5.32 Å². The second-order valence-electron chi connectivity index (χ2n) is 5.09. The molecule has 1 aromatic heterocycles. The molecular weight excluding hydrogens is 314 g/mol. The molecule has 2 N–H and O–H groups in total. The highest BCUT2D eigenvalue weighted by atomic mass is 16.5. The molecule has 1 aromatic carbocycles. The second kappa shape index (κ2) is 6.11. The first-order chi connectivity index (χ1) is 11.6. The average Bonchev–Trinajstić information content (AvgIpc) is 3.23. The van der Waals surface area contributed by atoms with Crippen molar-refractivity contribution in [2.45, 2.75) is 6.04 Å². The van der Waals surface area contributed by atoms with Gasteiger partial charge in [-0.3, -0.25) is 9.59 Å². The summed E-state index contributed by atoms with van der Waals surface area (Å²) in [5, 5.41) is 12.6. The minimum Gasteiger partial charge on any atom is -0.503 e. The van der Waals surface area contributed by atoms with Gasteiger partial charge in [0.2, 0.25) is 5.78 Å². The molecule has 1 atom stereocenters. The van der Waals surface area contributed by atoms with Gasteiger partial charge in [0, 0.05) is 0 Å². The molecule has 0 radical (unpaired) electrons. The van der Waals surface area contributed by atoms with E-state index in [1.807, 2.05) is 0 Å². The van der Waals surface area contributed by atoms with Crippen LogP contribution in [0.25, 0.3) is 0 Å². The zero-order chi connectivity index (χ0) is 17.3. The minimum absolute atomic E-state index is 0.0403. The van der Waals surface area contributed by atoms with Gasteiger partial charge in [-0.15, -0.1) is 0 Å². The highest BCUT2D eigenvalue weighted by Crippen LogP contribution is 2.36. The number of nitrogens with one attached hydrogen (secondary N) is 1. The van der Waals surface area contributed by atoms with Crippen LogP contribution in [0.5, 0.6) is 11.5 Å². The van der Waals surface area contributed by atoms with Crippen LogP contribution in [0.4, 0.5) is 0 Å². The van der Waals surface area contributed by atoms with Crippen molar-refractivity contribution < 1.29 is 28.6 Å². The van der Waals surface area contributed by atoms with Crippen LogP contribution >= 0.6 is 0 Å². The van der Waals surface area contributed by atoms with Crippen molar-refractivity contribution in [2.75, 3.05) is 14.2 Å². The van der Waals surface area contributed by atoms with E-state index in [0.29, 0.717) is 17.1 Å². The number of ether oxygens (including phenoxy) is 2. The zero-order valence-corrected chi connectivity index (χ0v) is 13.0. The maximum absolute atomic E-state index is 12.6. The lowest BCUT2D eigenvalue weighted by atomic mass is 9.95. The van der Waals surface area contributed by atoms with Gasteiger partial charge in [0.15, 0.2) is 23.0 Å². The molecule has 0 unspecified atom stereocenters. The molecule has 2 aromatic rings. The molecule has 0 fully saturated rings. The third-order valence-corrected chi connectivity index (χ3v) is 3.76. The molecule has 3 rings (SSSR count). The van der Waals surface area contributed by atoms with E-state index in [4.69, 9.17) is 13.9 Å². The minimum atomic E-state index is -0.810. The predicted molar refractivity (Wildman–Crippen MR) is 83.1 cm³/mol. The molecule has 124 valence electrons. The molecule has 0 aliphatic carbocycles. The van der Waals surface area contributed by atoms with Crippen LogP contribution in [0.1, 0.15) is 22.2 Å². The molecule has 1 amide bonds. The molecular formula is C17H15NO6. The van der Waals surface area contributed by atoms with Crippen molar-refractivity contribution in [1.29, 1.82) is 0 Å². The van der Waals surface area contributed by atoms with Gasteiger partial charge in [-0.1, -0.05) is 6.07 Å². The van der Waals surface area contributed by atoms with Gasteiger partial charge in [0.1, 0.15) is 0 Å². The molecule has 1 aliphatic heterocycles. The van der Waals surface area contributed by atoms with Crippen molar-refractivity contribution in [3.8, 4) is 11.5 Å². The van der Waals surface area contributed by atoms with Gasteiger partial charge in [-0.2, -0.15) is 0 Å². The number of furan rings is 1. The number of Topliss-reactive ketones (excluding diaryl/α,β-unsaturated/α-hetero) is 1. The van der Waals surface area contributed by atoms with E-state index in [1.165, 1.54) is 26.5 Å². The molecule has 2 heterocycles. The lowest BCUT2D eigenvalue weighted by molar-refractivity contribution is -0.119. The number of hydrogen-bond acceptors (Lipinski definition) is 6. The van der Waals surface area contributed by atoms with Crippen LogP contribution in [0, 0.1) is 0 Å². The fraction of sp³-hybridized carbons (Fsp3) is 0.176. The first-order valence-corrected chi connectivity index (χ1v) is 7.11. The fourth-order valence-electron chi connectivity index (χ4n) is 2.59. The third kappa shape index (κ3) is 2.50. The number of methoxy groups -OCH3 is 2. The number of benzene rings is 1. The summed E-state index contributed by atoms with van der Waals surface area (Å²) in [7, 11) is 2.99. The summed E-state index contributed by atoms with van der Waals surface area (Å²) in [6, 6.07) is 7.19. The summed E-state index contributed by atoms with van der Waals surface area (Å²) in [6.45, 7) is 0. The van der Waals surface area contributed by atoms with Crippen LogP contribution in [0.15, 0.2) is 52.3 Å². The van der Waals surface area contributed by atoms with Crippen molar-refractivity contribution in [3.63, 3.8) is 0 Å². The highest BCUT2D eigenvalue weighted by Gasteiger charge is 2.38. The molecule has 7 heteroatoms. The number of carbonyl (C=O) groups excluding carboxylic acids is 2. The molecule has 7 nitrogen and oxygen atoms in total. The second-order valence-corrected chi connectivity index (χ2v) is 5.09. The largest absolute Gasteiger partial charge is 0.503 e. The fourth-order valence-corrected chi connectivity index (χ4v) is 2.59. The quantitative estimate of drug-likeness (QED) is 0.816. The van der Waals surface area contributed by atoms with Crippen LogP contribution in [0.2, 0.25) is 0 Å². The summed E-state index contributed by atoms with van der Waals surface area (Å²) in [5.74, 6) is -0.895. The van der Waals surface area contributed by atoms with Crippen molar-refractivity contribution in [2.24, 2.45) is 0 Å². The number of rotatable bonds is 5. The molecule has 0 spiro atoms. The predicted octanol–water partition coefficient (Wildman–Crippen LogP) is 2.16. The van der Waals surface area contributed by atoms with E-state index < -0.39 is 23.5 Å². The average molecular weight is 329 g/mol. The lowest BCUT2D eigenvalue weighted by Gasteiger charge is -2.16. The molecule has 24 heavy (non-hydrogen) atoms. The summed E-state index contributed by atoms with van der Waals surface area (Å²) >= 11 is 0. The monoisotopic (exact) mass is 329 g/mol. The maximum atomic E-state index is 12.6. The van der Waals surface area contributed by atoms with Gasteiger partial charge in [-0.25, -0.2) is 0 Å². The zero-order valence-electron chi connectivity index (χ0n) is 13.0. The summed E-state index contributed by atoms with van der Waals surface area (Å²) in [5.41, 5.74) is 0.502. The highest BCUT2D eigenvalue weighted by molar-refractivity contribution is 6.15. The van der Waals surface area contributed by atoms with Crippen LogP contribution in [-0.2, 0) is 4.79 Å². The smallest absolute Gasteiger partial charge is 0.287 e. The Morgan fingerprint density at radius 3 is 2.58 bits per heavy atom. The van der Waals surface area contributed by atoms with Gasteiger partial charge in [0.25, 0.3) is 5.91 Å². The first-order valence-electron chi connectivity index (χ1n) is 7.11. The van der Waals surface area contributed by atoms with E-state index in [1.54, 1.807) is 24.3 Å². The van der Waals surface area contributed by atoms with Crippen LogP contribution < -0.4 is 14.8 Å². The van der Waals surface area contributed by atoms with E-state index in [0.717, 1.165) is 0 Å². The summed E-state index contributed by atoms with van der Waals surface area (Å²) < 4.78 is 15.5. The van der Waals surface area contributed by atoms with Crippen molar-refractivity contribution >= 4 is 11.7 Å². The van der Waals surface area contributed by atoms with E-state index in [-0.39, 0.29) is 11.3 Å². The molecule has 0 saturated carbocycles. The Kier molecular flexibility index (Phi) is 3.99. The van der Waals surface area contributed by atoms with E-state index >= 15 is 0 Å². The van der Waals surface area contributed by atoms with E-state index in [2.05, 4.69) is 5.32 Å². The number of ketones is 1. The Morgan fingerprint density at radius 2 is 1.96 bits per heavy atom. The van der Waals surface area contributed by atoms with Gasteiger partial charge in [-0.05, 0) is 29.8 Å². The SMILES string of the molecule is COc1ccc([C@@H]2NC(=O)C(O)=C2C(=O)c2ccco2)cc1OC. The standard InChI is InChI=1S/C17H15NO6/c1-22-10-6-5-9(8-12(10)23-2)14-13(16(20)17(21)18-14)15(19)11-4-3-7-24-11/h3-8,14,20H,1-2H3,(H,18,21)/t14-/m0/s1. The lowest BCUT2D eigenvalue weighted by Crippen LogP contribution is -2.23. The first kappa shape index (κ1) is 15.7. The Balaban J connectivity index is 2.04. The topological polar surface area (TPSA) is 98.0 Å². The summed E-state index contributed by atoms with van der Waals surface area (Å²) in [4.78, 5) is 24.4. The molecule has 0 bridgehead atoms. The van der Waals surface area contributed by atoms with Gasteiger partial charge >= 0.3 is 0 Å². The molecule has 0 saturated heterocycles. The van der Waals surface area contributed by atoms with Crippen LogP contribution in [0.3, 0.4) is 0 Å².